The molecule has 42 heavy (non-hydrogen) atoms. The van der Waals surface area contributed by atoms with Gasteiger partial charge in [-0.2, -0.15) is 18.3 Å². The first kappa shape index (κ1) is 29.0. The average molecular weight is 601 g/mol. The predicted octanol–water partition coefficient (Wildman–Crippen LogP) is 5.85. The molecule has 0 unspecified atom stereocenters. The lowest BCUT2D eigenvalue weighted by Gasteiger charge is -2.31. The summed E-state index contributed by atoms with van der Waals surface area (Å²) in [5.74, 6) is -1.00. The fourth-order valence-corrected chi connectivity index (χ4v) is 5.80. The zero-order chi connectivity index (χ0) is 30.2. The van der Waals surface area contributed by atoms with Crippen molar-refractivity contribution in [3.05, 3.63) is 48.5 Å². The Morgan fingerprint density at radius 3 is 2.48 bits per heavy atom. The van der Waals surface area contributed by atoms with E-state index in [1.54, 1.807) is 18.3 Å². The number of fused-ring (bicyclic) bond motifs is 2. The number of halogens is 3. The quantitative estimate of drug-likeness (QED) is 0.273. The summed E-state index contributed by atoms with van der Waals surface area (Å²) in [5.41, 5.74) is 3.83. The van der Waals surface area contributed by atoms with E-state index in [9.17, 15) is 18.0 Å². The molecule has 6 rings (SSSR count). The van der Waals surface area contributed by atoms with E-state index in [0.29, 0.717) is 0 Å². The molecule has 5 aromatic rings. The molecule has 1 saturated heterocycles. The van der Waals surface area contributed by atoms with Crippen molar-refractivity contribution < 1.29 is 32.3 Å². The van der Waals surface area contributed by atoms with Gasteiger partial charge in [-0.05, 0) is 25.0 Å². The minimum atomic E-state index is -5.08. The molecule has 14 heteroatoms. The van der Waals surface area contributed by atoms with Crippen LogP contribution < -0.4 is 4.90 Å². The molecule has 1 fully saturated rings. The molecule has 1 aliphatic rings. The van der Waals surface area contributed by atoms with E-state index < -0.39 is 12.1 Å². The molecule has 0 saturated carbocycles. The molecule has 220 valence electrons. The molecule has 0 radical (unpaired) electrons. The van der Waals surface area contributed by atoms with Crippen LogP contribution >= 0.6 is 11.3 Å². The van der Waals surface area contributed by atoms with Crippen molar-refractivity contribution in [2.24, 2.45) is 0 Å². The van der Waals surface area contributed by atoms with Gasteiger partial charge in [-0.15, -0.1) is 11.3 Å². The molecule has 1 aliphatic heterocycles. The molecule has 0 aromatic carbocycles. The lowest BCUT2D eigenvalue weighted by Crippen LogP contribution is -2.37. The Hall–Kier alpha value is -4.46. The molecule has 1 amide bonds. The van der Waals surface area contributed by atoms with Gasteiger partial charge in [0.2, 0.25) is 5.91 Å². The second-order valence-electron chi connectivity index (χ2n) is 10.0. The monoisotopic (exact) mass is 600 g/mol. The Labute approximate surface area is 242 Å². The minimum Gasteiger partial charge on any atom is -0.475 e. The number of rotatable bonds is 4. The Morgan fingerprint density at radius 2 is 1.83 bits per heavy atom. The summed E-state index contributed by atoms with van der Waals surface area (Å²) in [5, 5.41) is 16.1. The summed E-state index contributed by atoms with van der Waals surface area (Å²) < 4.78 is 41.4. The highest BCUT2D eigenvalue weighted by Crippen LogP contribution is 2.41. The van der Waals surface area contributed by atoms with Crippen molar-refractivity contribution in [3.63, 3.8) is 0 Å². The number of amides is 1. The van der Waals surface area contributed by atoms with Crippen LogP contribution in [0.25, 0.3) is 43.5 Å². The second kappa shape index (κ2) is 11.4. The zero-order valence-electron chi connectivity index (χ0n) is 22.9. The molecule has 1 N–H and O–H groups in total. The highest BCUT2D eigenvalue weighted by atomic mass is 32.1. The standard InChI is InChI=1S/C26H26N6O2S.C2HF3O2/c1-16(33)31-8-5-18(6-9-31)32-14-17(11-29-32)21-12-28-26(30(2)3)25-20(21)10-23(34-25)22-15-35-24-13-27-7-4-19(22)24;3-2(4,5)1(6)7/h4,7,10-15,18H,5-6,8-9H2,1-3H3;(H,6,7). The number of aromatic nitrogens is 4. The number of anilines is 1. The number of pyridine rings is 2. The van der Waals surface area contributed by atoms with Crippen LogP contribution in [-0.4, -0.2) is 75.0 Å². The van der Waals surface area contributed by atoms with Crippen LogP contribution in [0.2, 0.25) is 0 Å². The summed E-state index contributed by atoms with van der Waals surface area (Å²) in [6.07, 6.45) is 6.34. The number of nitrogens with zero attached hydrogens (tertiary/aromatic N) is 6. The molecule has 5 aromatic heterocycles. The lowest BCUT2D eigenvalue weighted by molar-refractivity contribution is -0.192. The van der Waals surface area contributed by atoms with Crippen LogP contribution in [-0.2, 0) is 9.59 Å². The van der Waals surface area contributed by atoms with Crippen molar-refractivity contribution in [3.8, 4) is 22.5 Å². The predicted molar refractivity (Wildman–Crippen MR) is 152 cm³/mol. The number of carbonyl (C=O) groups is 2. The summed E-state index contributed by atoms with van der Waals surface area (Å²) in [6, 6.07) is 4.43. The van der Waals surface area contributed by atoms with E-state index in [1.165, 1.54) is 0 Å². The Balaban J connectivity index is 0.000000451. The van der Waals surface area contributed by atoms with E-state index in [4.69, 9.17) is 19.3 Å². The zero-order valence-corrected chi connectivity index (χ0v) is 23.7. The Morgan fingerprint density at radius 1 is 1.12 bits per heavy atom. The normalized spacial score (nSPS) is 14.2. The van der Waals surface area contributed by atoms with E-state index >= 15 is 0 Å². The fourth-order valence-electron chi connectivity index (χ4n) is 4.89. The number of furan rings is 1. The molecule has 0 atom stereocenters. The molecule has 0 spiro atoms. The average Bonchev–Trinajstić information content (AvgIpc) is 3.70. The number of carboxylic acids is 1. The van der Waals surface area contributed by atoms with Gasteiger partial charge in [-0.25, -0.2) is 9.78 Å². The van der Waals surface area contributed by atoms with Crippen molar-refractivity contribution in [2.45, 2.75) is 32.0 Å². The summed E-state index contributed by atoms with van der Waals surface area (Å²) in [6.45, 7) is 3.18. The Kier molecular flexibility index (Phi) is 7.91. The third-order valence-electron chi connectivity index (χ3n) is 7.05. The van der Waals surface area contributed by atoms with Crippen LogP contribution in [0.15, 0.2) is 52.9 Å². The van der Waals surface area contributed by atoms with Crippen molar-refractivity contribution >= 4 is 50.1 Å². The van der Waals surface area contributed by atoms with Gasteiger partial charge in [0.1, 0.15) is 5.76 Å². The van der Waals surface area contributed by atoms with Gasteiger partial charge in [-0.1, -0.05) is 0 Å². The van der Waals surface area contributed by atoms with Crippen LogP contribution in [0.4, 0.5) is 19.0 Å². The van der Waals surface area contributed by atoms with Crippen LogP contribution in [0.1, 0.15) is 25.8 Å². The number of alkyl halides is 3. The van der Waals surface area contributed by atoms with Gasteiger partial charge in [-0.3, -0.25) is 14.5 Å². The first-order valence-corrected chi connectivity index (χ1v) is 13.8. The smallest absolute Gasteiger partial charge is 0.475 e. The number of thiophene rings is 1. The van der Waals surface area contributed by atoms with Gasteiger partial charge >= 0.3 is 12.1 Å². The topological polar surface area (TPSA) is 118 Å². The molecule has 0 bridgehead atoms. The van der Waals surface area contributed by atoms with Crippen molar-refractivity contribution in [1.82, 2.24) is 24.6 Å². The van der Waals surface area contributed by atoms with Crippen molar-refractivity contribution in [1.29, 1.82) is 0 Å². The second-order valence-corrected chi connectivity index (χ2v) is 10.9. The number of aliphatic carboxylic acids is 1. The van der Waals surface area contributed by atoms with Gasteiger partial charge in [0.05, 0.1) is 16.9 Å². The van der Waals surface area contributed by atoms with Gasteiger partial charge in [0.25, 0.3) is 0 Å². The Bertz CT molecular complexity index is 1750. The third kappa shape index (κ3) is 5.79. The number of hydrogen-bond acceptors (Lipinski definition) is 8. The third-order valence-corrected chi connectivity index (χ3v) is 7.98. The maximum Gasteiger partial charge on any atom is 0.490 e. The van der Waals surface area contributed by atoms with Crippen molar-refractivity contribution in [2.75, 3.05) is 32.1 Å². The SMILES string of the molecule is CC(=O)N1CCC(n2cc(-c3cnc(N(C)C)c4oc(-c5csc6cnccc56)cc34)cn2)CC1.O=C(O)C(F)(F)F. The number of carboxylic acid groups (broad SMARTS) is 1. The lowest BCUT2D eigenvalue weighted by atomic mass is 10.0. The van der Waals surface area contributed by atoms with E-state index in [2.05, 4.69) is 27.7 Å². The highest BCUT2D eigenvalue weighted by Gasteiger charge is 2.38. The number of carbonyl (C=O) groups excluding carboxylic acids is 1. The molecular weight excluding hydrogens is 573 g/mol. The van der Waals surface area contributed by atoms with Crippen LogP contribution in [0.3, 0.4) is 0 Å². The molecular formula is C28H27F3N6O4S. The van der Waals surface area contributed by atoms with E-state index in [0.717, 1.165) is 75.3 Å². The number of hydrogen-bond donors (Lipinski definition) is 1. The van der Waals surface area contributed by atoms with E-state index in [1.807, 2.05) is 59.4 Å². The summed E-state index contributed by atoms with van der Waals surface area (Å²) in [4.78, 5) is 33.4. The fraction of sp³-hybridized carbons (Fsp3) is 0.321. The maximum absolute atomic E-state index is 11.7. The van der Waals surface area contributed by atoms with Gasteiger partial charge in [0, 0.05) is 91.7 Å². The number of likely N-dealkylation sites (tertiary alicyclic amines) is 1. The van der Waals surface area contributed by atoms with Crippen LogP contribution in [0, 0.1) is 0 Å². The summed E-state index contributed by atoms with van der Waals surface area (Å²) in [7, 11) is 3.95. The van der Waals surface area contributed by atoms with Gasteiger partial charge in [0.15, 0.2) is 11.4 Å². The minimum absolute atomic E-state index is 0.143. The summed E-state index contributed by atoms with van der Waals surface area (Å²) >= 11 is 1.66. The molecule has 0 aliphatic carbocycles. The first-order chi connectivity index (χ1) is 19.9. The van der Waals surface area contributed by atoms with E-state index in [-0.39, 0.29) is 11.9 Å². The highest BCUT2D eigenvalue weighted by molar-refractivity contribution is 7.17. The maximum atomic E-state index is 11.7. The first-order valence-electron chi connectivity index (χ1n) is 13.0. The largest absolute Gasteiger partial charge is 0.490 e. The van der Waals surface area contributed by atoms with Gasteiger partial charge < -0.3 is 19.3 Å². The van der Waals surface area contributed by atoms with Crippen LogP contribution in [0.5, 0.6) is 0 Å². The number of piperidine rings is 1. The molecule has 10 nitrogen and oxygen atoms in total. The molecule has 6 heterocycles.